The van der Waals surface area contributed by atoms with Crippen molar-refractivity contribution in [2.45, 2.75) is 19.9 Å². The molecule has 0 radical (unpaired) electrons. The number of Topliss-reactive ketones (excluding diaryl/α,β-unsaturated/α-hetero) is 1. The first-order valence-corrected chi connectivity index (χ1v) is 6.67. The maximum absolute atomic E-state index is 12.2. The van der Waals surface area contributed by atoms with Crippen molar-refractivity contribution in [3.63, 3.8) is 0 Å². The Bertz CT molecular complexity index is 562. The highest BCUT2D eigenvalue weighted by atomic mass is 16.1. The van der Waals surface area contributed by atoms with Crippen LogP contribution in [0.3, 0.4) is 0 Å². The fraction of sp³-hybridized carbons (Fsp3) is 0.333. The number of carbonyl (C=O) groups is 1. The van der Waals surface area contributed by atoms with Crippen molar-refractivity contribution < 1.29 is 4.79 Å². The third-order valence-corrected chi connectivity index (χ3v) is 2.89. The molecule has 0 aliphatic rings. The van der Waals surface area contributed by atoms with Crippen LogP contribution in [0.2, 0.25) is 0 Å². The second-order valence-electron chi connectivity index (χ2n) is 5.08. The number of ketones is 1. The Kier molecular flexibility index (Phi) is 4.40. The largest absolute Gasteiger partial charge is 0.367 e. The smallest absolute Gasteiger partial charge is 0.199 e. The molecule has 0 saturated heterocycles. The first-order valence-electron chi connectivity index (χ1n) is 6.67. The minimum Gasteiger partial charge on any atom is -0.367 e. The van der Waals surface area contributed by atoms with E-state index < -0.39 is 0 Å². The molecule has 106 valence electrons. The van der Waals surface area contributed by atoms with Gasteiger partial charge < -0.3 is 10.2 Å². The number of benzene rings is 1. The third-order valence-electron chi connectivity index (χ3n) is 2.89. The van der Waals surface area contributed by atoms with Gasteiger partial charge in [0, 0.05) is 24.8 Å². The lowest BCUT2D eigenvalue weighted by Gasteiger charge is -2.17. The molecule has 0 aliphatic carbocycles. The van der Waals surface area contributed by atoms with Crippen LogP contribution in [0.5, 0.6) is 0 Å². The van der Waals surface area contributed by atoms with E-state index >= 15 is 0 Å². The van der Waals surface area contributed by atoms with Crippen LogP contribution in [-0.2, 0) is 0 Å². The van der Waals surface area contributed by atoms with Gasteiger partial charge in [-0.15, -0.1) is 0 Å². The lowest BCUT2D eigenvalue weighted by Crippen LogP contribution is -2.25. The van der Waals surface area contributed by atoms with Crippen LogP contribution in [-0.4, -0.2) is 35.6 Å². The molecule has 2 N–H and O–H groups in total. The molecule has 1 heterocycles. The number of aromatic nitrogens is 2. The molecule has 1 aromatic carbocycles. The van der Waals surface area contributed by atoms with Gasteiger partial charge in [-0.25, -0.2) is 0 Å². The van der Waals surface area contributed by atoms with E-state index in [2.05, 4.69) is 15.5 Å². The Balaban J connectivity index is 1.99. The summed E-state index contributed by atoms with van der Waals surface area (Å²) >= 11 is 0. The summed E-state index contributed by atoms with van der Waals surface area (Å²) in [5.74, 6) is 0.714. The van der Waals surface area contributed by atoms with Gasteiger partial charge in [-0.1, -0.05) is 18.2 Å². The van der Waals surface area contributed by atoms with Crippen molar-refractivity contribution in [2.24, 2.45) is 0 Å². The van der Waals surface area contributed by atoms with E-state index in [9.17, 15) is 4.79 Å². The van der Waals surface area contributed by atoms with E-state index in [1.165, 1.54) is 0 Å². The van der Waals surface area contributed by atoms with Crippen LogP contribution in [0.25, 0.3) is 0 Å². The van der Waals surface area contributed by atoms with Crippen LogP contribution >= 0.6 is 0 Å². The molecule has 0 atom stereocenters. The van der Waals surface area contributed by atoms with Crippen LogP contribution in [0.4, 0.5) is 11.5 Å². The second kappa shape index (κ2) is 6.23. The van der Waals surface area contributed by atoms with Gasteiger partial charge in [0.25, 0.3) is 0 Å². The normalized spacial score (nSPS) is 10.6. The molecular formula is C15H20N4O. The van der Waals surface area contributed by atoms with E-state index in [4.69, 9.17) is 0 Å². The predicted octanol–water partition coefficient (Wildman–Crippen LogP) is 2.55. The summed E-state index contributed by atoms with van der Waals surface area (Å²) in [4.78, 5) is 14.1. The molecule has 0 fully saturated rings. The highest BCUT2D eigenvalue weighted by Crippen LogP contribution is 2.13. The minimum atomic E-state index is 0.0145. The van der Waals surface area contributed by atoms with Gasteiger partial charge in [0.05, 0.1) is 6.54 Å². The van der Waals surface area contributed by atoms with Gasteiger partial charge >= 0.3 is 0 Å². The first kappa shape index (κ1) is 14.1. The molecule has 2 aromatic rings. The molecule has 20 heavy (non-hydrogen) atoms. The fourth-order valence-electron chi connectivity index (χ4n) is 1.91. The Morgan fingerprint density at radius 2 is 2.05 bits per heavy atom. The fourth-order valence-corrected chi connectivity index (χ4v) is 1.91. The topological polar surface area (TPSA) is 61.0 Å². The molecule has 0 saturated carbocycles. The average Bonchev–Trinajstić information content (AvgIpc) is 2.87. The average molecular weight is 272 g/mol. The summed E-state index contributed by atoms with van der Waals surface area (Å²) in [6.07, 6.45) is 0. The summed E-state index contributed by atoms with van der Waals surface area (Å²) in [7, 11) is 1.90. The maximum Gasteiger partial charge on any atom is 0.199 e. The van der Waals surface area contributed by atoms with E-state index in [1.807, 2.05) is 56.1 Å². The Labute approximate surface area is 119 Å². The summed E-state index contributed by atoms with van der Waals surface area (Å²) < 4.78 is 0. The van der Waals surface area contributed by atoms with E-state index in [0.29, 0.717) is 18.1 Å². The zero-order chi connectivity index (χ0) is 14.5. The molecular weight excluding hydrogens is 252 g/mol. The summed E-state index contributed by atoms with van der Waals surface area (Å²) in [6, 6.07) is 11.9. The number of para-hydroxylation sites is 1. The van der Waals surface area contributed by atoms with E-state index in [0.717, 1.165) is 5.69 Å². The number of rotatable bonds is 6. The predicted molar refractivity (Wildman–Crippen MR) is 81.4 cm³/mol. The number of hydrogen-bond acceptors (Lipinski definition) is 4. The molecule has 0 unspecified atom stereocenters. The van der Waals surface area contributed by atoms with Crippen LogP contribution < -0.4 is 10.2 Å². The number of nitrogens with one attached hydrogen (secondary N) is 2. The van der Waals surface area contributed by atoms with Crippen LogP contribution in [0, 0.1) is 0 Å². The number of aromatic amines is 1. The summed E-state index contributed by atoms with van der Waals surface area (Å²) in [6.45, 7) is 4.37. The zero-order valence-electron chi connectivity index (χ0n) is 12.1. The van der Waals surface area contributed by atoms with Crippen molar-refractivity contribution in [3.05, 3.63) is 42.1 Å². The SMILES string of the molecule is CC(C)Nc1cc(C(=O)CN(C)c2ccccc2)[nH]n1. The van der Waals surface area contributed by atoms with Crippen molar-refractivity contribution in [1.29, 1.82) is 0 Å². The Hall–Kier alpha value is -2.30. The first-order chi connectivity index (χ1) is 9.56. The molecule has 0 spiro atoms. The number of likely N-dealkylation sites (N-methyl/N-ethyl adjacent to an activating group) is 1. The standard InChI is InChI=1S/C15H20N4O/c1-11(2)16-15-9-13(17-18-15)14(20)10-19(3)12-7-5-4-6-8-12/h4-9,11H,10H2,1-3H3,(H2,16,17,18). The number of H-pyrrole nitrogens is 1. The molecule has 5 heteroatoms. The Morgan fingerprint density at radius 3 is 2.70 bits per heavy atom. The van der Waals surface area contributed by atoms with Crippen molar-refractivity contribution in [3.8, 4) is 0 Å². The van der Waals surface area contributed by atoms with Crippen molar-refractivity contribution in [1.82, 2.24) is 10.2 Å². The van der Waals surface area contributed by atoms with Gasteiger partial charge in [-0.3, -0.25) is 9.89 Å². The molecule has 1 aromatic heterocycles. The molecule has 5 nitrogen and oxygen atoms in total. The quantitative estimate of drug-likeness (QED) is 0.793. The van der Waals surface area contributed by atoms with Gasteiger partial charge in [-0.2, -0.15) is 5.10 Å². The lowest BCUT2D eigenvalue weighted by molar-refractivity contribution is 0.0995. The Morgan fingerprint density at radius 1 is 1.35 bits per heavy atom. The molecule has 0 bridgehead atoms. The monoisotopic (exact) mass is 272 g/mol. The van der Waals surface area contributed by atoms with Gasteiger partial charge in [0.1, 0.15) is 11.5 Å². The van der Waals surface area contributed by atoms with Crippen LogP contribution in [0.1, 0.15) is 24.3 Å². The van der Waals surface area contributed by atoms with Gasteiger partial charge in [-0.05, 0) is 26.0 Å². The van der Waals surface area contributed by atoms with E-state index in [1.54, 1.807) is 6.07 Å². The van der Waals surface area contributed by atoms with Crippen LogP contribution in [0.15, 0.2) is 36.4 Å². The highest BCUT2D eigenvalue weighted by Gasteiger charge is 2.13. The second-order valence-corrected chi connectivity index (χ2v) is 5.08. The van der Waals surface area contributed by atoms with Crippen molar-refractivity contribution in [2.75, 3.05) is 23.8 Å². The maximum atomic E-state index is 12.2. The van der Waals surface area contributed by atoms with Crippen molar-refractivity contribution >= 4 is 17.3 Å². The summed E-state index contributed by atoms with van der Waals surface area (Å²) in [5, 5.41) is 10.0. The molecule has 0 aliphatic heterocycles. The zero-order valence-corrected chi connectivity index (χ0v) is 12.1. The number of anilines is 2. The number of hydrogen-bond donors (Lipinski definition) is 2. The van der Waals surface area contributed by atoms with Gasteiger partial charge in [0.15, 0.2) is 5.78 Å². The number of nitrogens with zero attached hydrogens (tertiary/aromatic N) is 2. The number of carbonyl (C=O) groups excluding carboxylic acids is 1. The van der Waals surface area contributed by atoms with Gasteiger partial charge in [0.2, 0.25) is 0 Å². The summed E-state index contributed by atoms with van der Waals surface area (Å²) in [5.41, 5.74) is 1.54. The molecule has 2 rings (SSSR count). The minimum absolute atomic E-state index is 0.0145. The molecule has 0 amide bonds. The third kappa shape index (κ3) is 3.60. The highest BCUT2D eigenvalue weighted by molar-refractivity contribution is 5.98. The van der Waals surface area contributed by atoms with E-state index in [-0.39, 0.29) is 11.8 Å². The lowest BCUT2D eigenvalue weighted by atomic mass is 10.2.